The molecule has 108 valence electrons. The smallest absolute Gasteiger partial charge is 0.168 e. The summed E-state index contributed by atoms with van der Waals surface area (Å²) in [5, 5.41) is 3.56. The summed E-state index contributed by atoms with van der Waals surface area (Å²) in [6, 6.07) is 4.43. The fourth-order valence-corrected chi connectivity index (χ4v) is 2.11. The van der Waals surface area contributed by atoms with Crippen molar-refractivity contribution in [1.29, 1.82) is 0 Å². The summed E-state index contributed by atoms with van der Waals surface area (Å²) in [6.07, 6.45) is 8.92. The van der Waals surface area contributed by atoms with Gasteiger partial charge in [-0.1, -0.05) is 40.0 Å². The van der Waals surface area contributed by atoms with E-state index in [1.807, 2.05) is 18.3 Å². The summed E-state index contributed by atoms with van der Waals surface area (Å²) < 4.78 is 5.74. The molecule has 1 aromatic rings. The molecule has 0 saturated heterocycles. The first kappa shape index (κ1) is 15.8. The van der Waals surface area contributed by atoms with Crippen LogP contribution in [0.4, 0.5) is 5.82 Å². The fraction of sp³-hybridized carbons (Fsp3) is 0.688. The Kier molecular flexibility index (Phi) is 8.03. The van der Waals surface area contributed by atoms with Gasteiger partial charge in [-0.25, -0.2) is 4.98 Å². The second-order valence-corrected chi connectivity index (χ2v) is 4.97. The molecule has 0 aliphatic rings. The summed E-state index contributed by atoms with van der Waals surface area (Å²) in [5.74, 6) is 1.77. The summed E-state index contributed by atoms with van der Waals surface area (Å²) in [6.45, 7) is 7.32. The largest absolute Gasteiger partial charge is 0.490 e. The van der Waals surface area contributed by atoms with Gasteiger partial charge in [-0.05, 0) is 31.4 Å². The predicted octanol–water partition coefficient (Wildman–Crippen LogP) is 4.64. The molecule has 0 fully saturated rings. The molecule has 0 radical (unpaired) electrons. The van der Waals surface area contributed by atoms with Crippen molar-refractivity contribution in [3.05, 3.63) is 18.3 Å². The number of pyridine rings is 1. The monoisotopic (exact) mass is 264 g/mol. The van der Waals surface area contributed by atoms with Crippen molar-refractivity contribution in [2.75, 3.05) is 11.9 Å². The number of nitrogens with one attached hydrogen (secondary N) is 1. The SMILES string of the molecule is CCCCC(CCC)Nc1ncccc1OCCC. The molecule has 0 amide bonds. The van der Waals surface area contributed by atoms with Crippen LogP contribution < -0.4 is 10.1 Å². The second-order valence-electron chi connectivity index (χ2n) is 4.97. The van der Waals surface area contributed by atoms with Crippen LogP contribution in [0.5, 0.6) is 5.75 Å². The maximum atomic E-state index is 5.74. The summed E-state index contributed by atoms with van der Waals surface area (Å²) >= 11 is 0. The number of unbranched alkanes of at least 4 members (excludes halogenated alkanes) is 1. The molecule has 0 aromatic carbocycles. The maximum Gasteiger partial charge on any atom is 0.168 e. The van der Waals surface area contributed by atoms with Crippen molar-refractivity contribution in [1.82, 2.24) is 4.98 Å². The number of hydrogen-bond acceptors (Lipinski definition) is 3. The fourth-order valence-electron chi connectivity index (χ4n) is 2.11. The van der Waals surface area contributed by atoms with Crippen molar-refractivity contribution in [2.24, 2.45) is 0 Å². The molecule has 1 unspecified atom stereocenters. The molecule has 0 aliphatic heterocycles. The molecule has 1 atom stereocenters. The molecule has 0 aliphatic carbocycles. The third-order valence-electron chi connectivity index (χ3n) is 3.12. The molecule has 3 nitrogen and oxygen atoms in total. The number of ether oxygens (including phenoxy) is 1. The van der Waals surface area contributed by atoms with E-state index >= 15 is 0 Å². The molecule has 0 spiro atoms. The first-order chi connectivity index (χ1) is 9.31. The maximum absolute atomic E-state index is 5.74. The van der Waals surface area contributed by atoms with Crippen LogP contribution in [0.1, 0.15) is 59.3 Å². The highest BCUT2D eigenvalue weighted by Crippen LogP contribution is 2.23. The van der Waals surface area contributed by atoms with Crippen molar-refractivity contribution in [2.45, 2.75) is 65.3 Å². The molecule has 0 bridgehead atoms. The highest BCUT2D eigenvalue weighted by atomic mass is 16.5. The van der Waals surface area contributed by atoms with Crippen LogP contribution in [0.3, 0.4) is 0 Å². The van der Waals surface area contributed by atoms with Gasteiger partial charge in [0.25, 0.3) is 0 Å². The Hall–Kier alpha value is -1.25. The topological polar surface area (TPSA) is 34.2 Å². The molecule has 3 heteroatoms. The van der Waals surface area contributed by atoms with Gasteiger partial charge >= 0.3 is 0 Å². The van der Waals surface area contributed by atoms with E-state index < -0.39 is 0 Å². The highest BCUT2D eigenvalue weighted by Gasteiger charge is 2.11. The van der Waals surface area contributed by atoms with E-state index in [2.05, 4.69) is 31.1 Å². The Morgan fingerprint density at radius 3 is 2.68 bits per heavy atom. The van der Waals surface area contributed by atoms with Crippen LogP contribution in [-0.2, 0) is 0 Å². The number of nitrogens with zero attached hydrogens (tertiary/aromatic N) is 1. The Morgan fingerprint density at radius 1 is 1.16 bits per heavy atom. The van der Waals surface area contributed by atoms with E-state index in [-0.39, 0.29) is 0 Å². The third-order valence-corrected chi connectivity index (χ3v) is 3.12. The molecular formula is C16H28N2O. The van der Waals surface area contributed by atoms with Gasteiger partial charge in [0.1, 0.15) is 0 Å². The summed E-state index contributed by atoms with van der Waals surface area (Å²) in [4.78, 5) is 4.43. The molecule has 1 heterocycles. The van der Waals surface area contributed by atoms with Crippen molar-refractivity contribution >= 4 is 5.82 Å². The van der Waals surface area contributed by atoms with Gasteiger partial charge in [-0.2, -0.15) is 0 Å². The van der Waals surface area contributed by atoms with Gasteiger partial charge in [0.2, 0.25) is 0 Å². The molecule has 1 N–H and O–H groups in total. The van der Waals surface area contributed by atoms with Gasteiger partial charge in [-0.3, -0.25) is 0 Å². The molecular weight excluding hydrogens is 236 g/mol. The van der Waals surface area contributed by atoms with E-state index in [4.69, 9.17) is 4.74 Å². The minimum atomic E-state index is 0.504. The van der Waals surface area contributed by atoms with E-state index in [1.165, 1.54) is 32.1 Å². The first-order valence-corrected chi connectivity index (χ1v) is 7.66. The standard InChI is InChI=1S/C16H28N2O/c1-4-7-10-14(9-5-2)18-16-15(19-13-6-3)11-8-12-17-16/h8,11-12,14H,4-7,9-10,13H2,1-3H3,(H,17,18). The first-order valence-electron chi connectivity index (χ1n) is 7.66. The zero-order chi connectivity index (χ0) is 13.9. The van der Waals surface area contributed by atoms with E-state index in [1.54, 1.807) is 0 Å². The Balaban J connectivity index is 2.65. The molecule has 0 saturated carbocycles. The van der Waals surface area contributed by atoms with Gasteiger partial charge in [0, 0.05) is 12.2 Å². The van der Waals surface area contributed by atoms with Crippen molar-refractivity contribution in [3.63, 3.8) is 0 Å². The zero-order valence-electron chi connectivity index (χ0n) is 12.6. The number of anilines is 1. The summed E-state index contributed by atoms with van der Waals surface area (Å²) in [7, 11) is 0. The van der Waals surface area contributed by atoms with Gasteiger partial charge < -0.3 is 10.1 Å². The highest BCUT2D eigenvalue weighted by molar-refractivity contribution is 5.50. The summed E-state index contributed by atoms with van der Waals surface area (Å²) in [5.41, 5.74) is 0. The lowest BCUT2D eigenvalue weighted by Crippen LogP contribution is -2.20. The van der Waals surface area contributed by atoms with Crippen molar-refractivity contribution in [3.8, 4) is 5.75 Å². The van der Waals surface area contributed by atoms with Crippen LogP contribution in [-0.4, -0.2) is 17.6 Å². The molecule has 1 aromatic heterocycles. The van der Waals surface area contributed by atoms with Gasteiger partial charge in [0.15, 0.2) is 11.6 Å². The van der Waals surface area contributed by atoms with Crippen LogP contribution in [0.15, 0.2) is 18.3 Å². The number of rotatable bonds is 10. The lowest BCUT2D eigenvalue weighted by molar-refractivity contribution is 0.317. The van der Waals surface area contributed by atoms with E-state index in [0.29, 0.717) is 6.04 Å². The lowest BCUT2D eigenvalue weighted by Gasteiger charge is -2.20. The lowest BCUT2D eigenvalue weighted by atomic mass is 10.1. The minimum Gasteiger partial charge on any atom is -0.490 e. The van der Waals surface area contributed by atoms with Crippen LogP contribution in [0.2, 0.25) is 0 Å². The van der Waals surface area contributed by atoms with E-state index in [0.717, 1.165) is 24.6 Å². The second kappa shape index (κ2) is 9.65. The normalized spacial score (nSPS) is 12.2. The van der Waals surface area contributed by atoms with Crippen LogP contribution in [0, 0.1) is 0 Å². The minimum absolute atomic E-state index is 0.504. The third kappa shape index (κ3) is 5.95. The quantitative estimate of drug-likeness (QED) is 0.668. The van der Waals surface area contributed by atoms with Crippen molar-refractivity contribution < 1.29 is 4.74 Å². The van der Waals surface area contributed by atoms with Gasteiger partial charge in [0.05, 0.1) is 6.61 Å². The van der Waals surface area contributed by atoms with E-state index in [9.17, 15) is 0 Å². The molecule has 19 heavy (non-hydrogen) atoms. The predicted molar refractivity (Wildman–Crippen MR) is 81.9 cm³/mol. The zero-order valence-corrected chi connectivity index (χ0v) is 12.6. The average molecular weight is 264 g/mol. The number of hydrogen-bond donors (Lipinski definition) is 1. The number of aromatic nitrogens is 1. The van der Waals surface area contributed by atoms with Crippen LogP contribution in [0.25, 0.3) is 0 Å². The van der Waals surface area contributed by atoms with Crippen LogP contribution >= 0.6 is 0 Å². The Morgan fingerprint density at radius 2 is 2.00 bits per heavy atom. The Bertz CT molecular complexity index is 341. The van der Waals surface area contributed by atoms with Gasteiger partial charge in [-0.15, -0.1) is 0 Å². The molecule has 1 rings (SSSR count). The average Bonchev–Trinajstić information content (AvgIpc) is 2.44. The Labute approximate surface area is 117 Å².